The second-order valence-corrected chi connectivity index (χ2v) is 9.21. The number of carbonyl (C=O) groups is 1. The molecule has 1 fully saturated rings. The van der Waals surface area contributed by atoms with Gasteiger partial charge in [-0.25, -0.2) is 0 Å². The Labute approximate surface area is 195 Å². The van der Waals surface area contributed by atoms with Crippen LogP contribution in [0.5, 0.6) is 17.2 Å². The second kappa shape index (κ2) is 10.9. The van der Waals surface area contributed by atoms with E-state index in [1.54, 1.807) is 12.1 Å². The smallest absolute Gasteiger partial charge is 0.253 e. The number of phenols is 1. The second-order valence-electron chi connectivity index (χ2n) is 9.21. The highest BCUT2D eigenvalue weighted by molar-refractivity contribution is 5.81. The maximum absolute atomic E-state index is 13.5. The van der Waals surface area contributed by atoms with Gasteiger partial charge >= 0.3 is 0 Å². The fourth-order valence-corrected chi connectivity index (χ4v) is 4.31. The number of rotatable bonds is 7. The van der Waals surface area contributed by atoms with Crippen LogP contribution in [-0.4, -0.2) is 66.4 Å². The molecular weight excluding hydrogens is 420 g/mol. The van der Waals surface area contributed by atoms with Crippen LogP contribution in [0.3, 0.4) is 0 Å². The van der Waals surface area contributed by atoms with Crippen LogP contribution in [0.2, 0.25) is 0 Å². The van der Waals surface area contributed by atoms with Crippen LogP contribution in [0.4, 0.5) is 0 Å². The molecule has 1 atom stereocenters. The quantitative estimate of drug-likeness (QED) is 0.691. The van der Waals surface area contributed by atoms with Crippen LogP contribution < -0.4 is 9.47 Å². The van der Waals surface area contributed by atoms with Gasteiger partial charge in [-0.1, -0.05) is 32.0 Å². The van der Waals surface area contributed by atoms with Gasteiger partial charge in [-0.2, -0.15) is 0 Å². The summed E-state index contributed by atoms with van der Waals surface area (Å²) in [4.78, 5) is 17.6. The standard InChI is InChI=1S/C26H34N2O5/c1-19(2)15-28(17-21-7-8-23-24(14-21)32-11-4-10-31-23)26(30)25-18-27(9-12-33-25)16-20-5-3-6-22(29)13-20/h3,5-8,13-14,19,25,29H,4,9-12,15-18H2,1-2H3. The fraction of sp³-hybridized carbons (Fsp3) is 0.500. The molecule has 178 valence electrons. The van der Waals surface area contributed by atoms with Crippen molar-refractivity contribution in [2.45, 2.75) is 39.5 Å². The molecule has 4 rings (SSSR count). The third-order valence-corrected chi connectivity index (χ3v) is 5.83. The van der Waals surface area contributed by atoms with Crippen molar-refractivity contribution in [2.75, 3.05) is 39.5 Å². The number of amides is 1. The van der Waals surface area contributed by atoms with E-state index in [1.165, 1.54) is 0 Å². The Kier molecular flexibility index (Phi) is 7.73. The number of hydrogen-bond donors (Lipinski definition) is 1. The Bertz CT molecular complexity index is 948. The molecule has 2 aliphatic heterocycles. The number of carbonyl (C=O) groups excluding carboxylic acids is 1. The van der Waals surface area contributed by atoms with Crippen LogP contribution in [0, 0.1) is 5.92 Å². The van der Waals surface area contributed by atoms with E-state index in [2.05, 4.69) is 18.7 Å². The van der Waals surface area contributed by atoms with Gasteiger partial charge in [-0.05, 0) is 41.3 Å². The van der Waals surface area contributed by atoms with E-state index >= 15 is 0 Å². The highest BCUT2D eigenvalue weighted by Crippen LogP contribution is 2.31. The Morgan fingerprint density at radius 1 is 1.09 bits per heavy atom. The molecule has 2 aliphatic rings. The van der Waals surface area contributed by atoms with Gasteiger partial charge < -0.3 is 24.2 Å². The van der Waals surface area contributed by atoms with Crippen molar-refractivity contribution in [2.24, 2.45) is 5.92 Å². The van der Waals surface area contributed by atoms with Crippen molar-refractivity contribution in [1.29, 1.82) is 0 Å². The molecule has 0 spiro atoms. The molecule has 1 amide bonds. The Hall–Kier alpha value is -2.77. The molecule has 7 nitrogen and oxygen atoms in total. The van der Waals surface area contributed by atoms with E-state index < -0.39 is 6.10 Å². The van der Waals surface area contributed by atoms with Crippen molar-refractivity contribution in [3.63, 3.8) is 0 Å². The topological polar surface area (TPSA) is 71.5 Å². The van der Waals surface area contributed by atoms with Crippen molar-refractivity contribution in [1.82, 2.24) is 9.80 Å². The predicted octanol–water partition coefficient (Wildman–Crippen LogP) is 3.44. The minimum Gasteiger partial charge on any atom is -0.508 e. The lowest BCUT2D eigenvalue weighted by Gasteiger charge is -2.35. The van der Waals surface area contributed by atoms with Crippen LogP contribution in [0.1, 0.15) is 31.4 Å². The first kappa shape index (κ1) is 23.4. The summed E-state index contributed by atoms with van der Waals surface area (Å²) in [6.07, 6.45) is 0.357. The van der Waals surface area contributed by atoms with Crippen molar-refractivity contribution >= 4 is 5.91 Å². The van der Waals surface area contributed by atoms with Gasteiger partial charge in [0.1, 0.15) is 11.9 Å². The van der Waals surface area contributed by atoms with Gasteiger partial charge in [-0.3, -0.25) is 9.69 Å². The van der Waals surface area contributed by atoms with Crippen LogP contribution in [0.25, 0.3) is 0 Å². The molecule has 0 saturated carbocycles. The fourth-order valence-electron chi connectivity index (χ4n) is 4.31. The zero-order valence-corrected chi connectivity index (χ0v) is 19.5. The molecule has 33 heavy (non-hydrogen) atoms. The van der Waals surface area contributed by atoms with Gasteiger partial charge in [0.25, 0.3) is 5.91 Å². The molecule has 0 radical (unpaired) electrons. The predicted molar refractivity (Wildman–Crippen MR) is 125 cm³/mol. The highest BCUT2D eigenvalue weighted by atomic mass is 16.5. The molecule has 0 aliphatic carbocycles. The summed E-state index contributed by atoms with van der Waals surface area (Å²) in [5.41, 5.74) is 2.04. The molecule has 7 heteroatoms. The monoisotopic (exact) mass is 454 g/mol. The SMILES string of the molecule is CC(C)CN(Cc1ccc2c(c1)OCCCO2)C(=O)C1CN(Cc2cccc(O)c2)CCO1. The molecular formula is C26H34N2O5. The third-order valence-electron chi connectivity index (χ3n) is 5.83. The summed E-state index contributed by atoms with van der Waals surface area (Å²) in [6, 6.07) is 13.2. The molecule has 1 N–H and O–H groups in total. The average Bonchev–Trinajstić information content (AvgIpc) is 3.03. The van der Waals surface area contributed by atoms with Gasteiger partial charge in [0.05, 0.1) is 19.8 Å². The highest BCUT2D eigenvalue weighted by Gasteiger charge is 2.31. The summed E-state index contributed by atoms with van der Waals surface area (Å²) in [5.74, 6) is 2.11. The molecule has 0 bridgehead atoms. The molecule has 1 unspecified atom stereocenters. The first-order chi connectivity index (χ1) is 16.0. The molecule has 1 saturated heterocycles. The number of phenolic OH excluding ortho intramolecular Hbond substituents is 1. The molecule has 2 aromatic carbocycles. The van der Waals surface area contributed by atoms with Crippen LogP contribution in [0.15, 0.2) is 42.5 Å². The Balaban J connectivity index is 1.44. The first-order valence-electron chi connectivity index (χ1n) is 11.8. The first-order valence-corrected chi connectivity index (χ1v) is 11.8. The van der Waals surface area contributed by atoms with E-state index in [-0.39, 0.29) is 11.7 Å². The summed E-state index contributed by atoms with van der Waals surface area (Å²) < 4.78 is 17.5. The van der Waals surface area contributed by atoms with Crippen molar-refractivity contribution in [3.05, 3.63) is 53.6 Å². The van der Waals surface area contributed by atoms with Crippen molar-refractivity contribution in [3.8, 4) is 17.2 Å². The molecule has 2 aromatic rings. The van der Waals surface area contributed by atoms with Gasteiger partial charge in [0.2, 0.25) is 0 Å². The minimum atomic E-state index is -0.504. The van der Waals surface area contributed by atoms with Crippen molar-refractivity contribution < 1.29 is 24.1 Å². The summed E-state index contributed by atoms with van der Waals surface area (Å²) in [7, 11) is 0. The summed E-state index contributed by atoms with van der Waals surface area (Å²) >= 11 is 0. The lowest BCUT2D eigenvalue weighted by molar-refractivity contribution is -0.151. The van der Waals surface area contributed by atoms with Gasteiger partial charge in [0, 0.05) is 39.1 Å². The van der Waals surface area contributed by atoms with E-state index in [4.69, 9.17) is 14.2 Å². The normalized spacial score (nSPS) is 18.7. The number of aromatic hydroxyl groups is 1. The third kappa shape index (κ3) is 6.39. The average molecular weight is 455 g/mol. The lowest BCUT2D eigenvalue weighted by Crippen LogP contribution is -2.51. The number of fused-ring (bicyclic) bond motifs is 1. The number of ether oxygens (including phenoxy) is 3. The zero-order chi connectivity index (χ0) is 23.2. The largest absolute Gasteiger partial charge is 0.508 e. The molecule has 2 heterocycles. The number of morpholine rings is 1. The maximum atomic E-state index is 13.5. The Morgan fingerprint density at radius 2 is 1.91 bits per heavy atom. The van der Waals surface area contributed by atoms with E-state index in [0.717, 1.165) is 35.6 Å². The number of benzene rings is 2. The summed E-state index contributed by atoms with van der Waals surface area (Å²) in [6.45, 7) is 9.14. The Morgan fingerprint density at radius 3 is 2.70 bits per heavy atom. The zero-order valence-electron chi connectivity index (χ0n) is 19.5. The molecule has 0 aromatic heterocycles. The van der Waals surface area contributed by atoms with Gasteiger partial charge in [-0.15, -0.1) is 0 Å². The minimum absolute atomic E-state index is 0.0106. The maximum Gasteiger partial charge on any atom is 0.253 e. The number of nitrogens with zero attached hydrogens (tertiary/aromatic N) is 2. The lowest BCUT2D eigenvalue weighted by atomic mass is 10.1. The van der Waals surface area contributed by atoms with Crippen LogP contribution >= 0.6 is 0 Å². The van der Waals surface area contributed by atoms with E-state index in [0.29, 0.717) is 51.9 Å². The van der Waals surface area contributed by atoms with Crippen LogP contribution in [-0.2, 0) is 22.6 Å². The number of hydrogen-bond acceptors (Lipinski definition) is 6. The van der Waals surface area contributed by atoms with Gasteiger partial charge in [0.15, 0.2) is 11.5 Å². The van der Waals surface area contributed by atoms with E-state index in [9.17, 15) is 9.90 Å². The summed E-state index contributed by atoms with van der Waals surface area (Å²) in [5, 5.41) is 9.75. The van der Waals surface area contributed by atoms with E-state index in [1.807, 2.05) is 35.2 Å².